The number of hydrogen-bond donors (Lipinski definition) is 1. The summed E-state index contributed by atoms with van der Waals surface area (Å²) in [5.41, 5.74) is 3.98. The maximum Gasteiger partial charge on any atom is 0.310 e. The van der Waals surface area contributed by atoms with Gasteiger partial charge < -0.3 is 34.1 Å². The number of nitrogens with one attached hydrogen (secondary N) is 1. The van der Waals surface area contributed by atoms with Crippen LogP contribution in [0.1, 0.15) is 69.3 Å². The highest BCUT2D eigenvalue weighted by molar-refractivity contribution is 6.31. The monoisotopic (exact) mass is 949 g/mol. The van der Waals surface area contributed by atoms with Gasteiger partial charge in [0.15, 0.2) is 11.5 Å². The Kier molecular flexibility index (Phi) is 13.2. The van der Waals surface area contributed by atoms with Gasteiger partial charge in [-0.2, -0.15) is 0 Å². The molecule has 0 aromatic heterocycles. The molecule has 1 saturated carbocycles. The molecule has 15 heteroatoms. The third-order valence-corrected chi connectivity index (χ3v) is 14.9. The lowest BCUT2D eigenvalue weighted by Crippen LogP contribution is -2.58. The predicted octanol–water partition coefficient (Wildman–Crippen LogP) is 9.20. The van der Waals surface area contributed by atoms with Crippen molar-refractivity contribution >= 4 is 52.4 Å². The Morgan fingerprint density at radius 2 is 1.73 bits per heavy atom. The molecule has 0 bridgehead atoms. The van der Waals surface area contributed by atoms with Crippen LogP contribution >= 0.6 is 23.2 Å². The number of aliphatic imine (C=N–C) groups is 1. The molecule has 3 saturated heterocycles. The number of carbonyl (C=O) groups is 2. The number of fused-ring (bicyclic) bond motifs is 4. The lowest BCUT2D eigenvalue weighted by Gasteiger charge is -2.45. The van der Waals surface area contributed by atoms with Gasteiger partial charge in [-0.3, -0.25) is 24.3 Å². The maximum absolute atomic E-state index is 14.0. The van der Waals surface area contributed by atoms with Crippen LogP contribution in [0.4, 0.5) is 11.4 Å². The minimum Gasteiger partial charge on any atom is -0.466 e. The molecule has 6 aliphatic rings. The van der Waals surface area contributed by atoms with Crippen LogP contribution in [0, 0.1) is 11.8 Å². The molecule has 0 radical (unpaired) electrons. The van der Waals surface area contributed by atoms with Gasteiger partial charge in [0.25, 0.3) is 0 Å². The standard InChI is InChI=1S/C52H61Cl2N7O6/c1-5-64-51(63)41-28-52(41)32-60(23-24-61(52)20-17-33(2)3)50-40-11-8-9-34(48(40)67-46-16-14-36(54)26-43(46)56-50)29-58-21-22-59(30-37(58)27-47(62)65-38-18-19-57(4)31-38)49-39-10-6-7-12-44(39)66-45-15-13-35(53)25-42(45)55-49/h6-16,25-26,33,37-38,41,49,55H,5,17-24,27-32H2,1-4H3/t37-,38+,41-,49?,52-/m0/s1. The SMILES string of the molecule is CCOC(=O)[C@@H]1C[C@]12CN(C1=Nc3cc(Cl)ccc3Oc3c(CN4CCN(C5Nc6cc(Cl)ccc6Oc6ccccc65)C[C@@H]4CC(=O)O[C@@H]4CCN(C)C4)cccc31)CCN2CCC(C)C. The number of likely N-dealkylation sites (N-methyl/N-ethyl adjacent to an activating group) is 1. The first-order valence-corrected chi connectivity index (χ1v) is 24.7. The topological polar surface area (TPSA) is 112 Å². The van der Waals surface area contributed by atoms with Gasteiger partial charge in [0.2, 0.25) is 0 Å². The van der Waals surface area contributed by atoms with Crippen LogP contribution in [-0.2, 0) is 25.6 Å². The van der Waals surface area contributed by atoms with Crippen molar-refractivity contribution in [2.24, 2.45) is 16.8 Å². The number of rotatable bonds is 11. The van der Waals surface area contributed by atoms with Gasteiger partial charge in [0.05, 0.1) is 35.7 Å². The van der Waals surface area contributed by atoms with Crippen LogP contribution in [0.5, 0.6) is 23.0 Å². The van der Waals surface area contributed by atoms with E-state index in [0.29, 0.717) is 72.5 Å². The highest BCUT2D eigenvalue weighted by atomic mass is 35.5. The van der Waals surface area contributed by atoms with Crippen LogP contribution in [0.2, 0.25) is 10.0 Å². The second kappa shape index (κ2) is 19.2. The van der Waals surface area contributed by atoms with Crippen LogP contribution in [-0.4, -0.2) is 133 Å². The van der Waals surface area contributed by atoms with Crippen molar-refractivity contribution < 1.29 is 28.5 Å². The minimum atomic E-state index is -0.341. The first-order valence-electron chi connectivity index (χ1n) is 24.0. The minimum absolute atomic E-state index is 0.122. The molecule has 1 unspecified atom stereocenters. The van der Waals surface area contributed by atoms with E-state index in [-0.39, 0.29) is 48.1 Å². The summed E-state index contributed by atoms with van der Waals surface area (Å²) in [5.74, 6) is 3.63. The average Bonchev–Trinajstić information content (AvgIpc) is 3.96. The quantitative estimate of drug-likeness (QED) is 0.145. The fourth-order valence-electron chi connectivity index (χ4n) is 10.8. The molecule has 67 heavy (non-hydrogen) atoms. The molecule has 4 aromatic carbocycles. The van der Waals surface area contributed by atoms with Gasteiger partial charge in [-0.05, 0) is 94.2 Å². The Labute approximate surface area is 403 Å². The highest BCUT2D eigenvalue weighted by Crippen LogP contribution is 2.52. The molecular weight excluding hydrogens is 890 g/mol. The van der Waals surface area contributed by atoms with Crippen molar-refractivity contribution in [2.75, 3.05) is 77.9 Å². The predicted molar refractivity (Wildman–Crippen MR) is 261 cm³/mol. The molecule has 4 fully saturated rings. The highest BCUT2D eigenvalue weighted by Gasteiger charge is 2.64. The Morgan fingerprint density at radius 1 is 0.910 bits per heavy atom. The Balaban J connectivity index is 0.971. The van der Waals surface area contributed by atoms with E-state index in [4.69, 9.17) is 47.1 Å². The van der Waals surface area contributed by atoms with Crippen molar-refractivity contribution in [3.8, 4) is 23.0 Å². The summed E-state index contributed by atoms with van der Waals surface area (Å²) in [6.07, 6.45) is 2.48. The number of para-hydroxylation sites is 2. The largest absolute Gasteiger partial charge is 0.466 e. The zero-order valence-corrected chi connectivity index (χ0v) is 40.4. The lowest BCUT2D eigenvalue weighted by molar-refractivity contribution is -0.151. The maximum atomic E-state index is 14.0. The van der Waals surface area contributed by atoms with Crippen molar-refractivity contribution in [3.05, 3.63) is 106 Å². The zero-order valence-electron chi connectivity index (χ0n) is 38.9. The van der Waals surface area contributed by atoms with Crippen LogP contribution in [0.25, 0.3) is 0 Å². The average molecular weight is 951 g/mol. The van der Waals surface area contributed by atoms with E-state index in [0.717, 1.165) is 91.7 Å². The first kappa shape index (κ1) is 45.9. The van der Waals surface area contributed by atoms with E-state index >= 15 is 0 Å². The molecule has 4 aromatic rings. The third kappa shape index (κ3) is 9.60. The molecule has 1 aliphatic carbocycles. The number of anilines is 1. The molecular formula is C52H61Cl2N7O6. The number of esters is 2. The van der Waals surface area contributed by atoms with Gasteiger partial charge in [0, 0.05) is 86.1 Å². The number of nitrogens with zero attached hydrogens (tertiary/aromatic N) is 6. The van der Waals surface area contributed by atoms with Gasteiger partial charge in [-0.25, -0.2) is 4.99 Å². The molecule has 5 atom stereocenters. The summed E-state index contributed by atoms with van der Waals surface area (Å²) in [6.45, 7) is 13.9. The number of hydrogen-bond acceptors (Lipinski definition) is 13. The van der Waals surface area contributed by atoms with E-state index in [9.17, 15) is 9.59 Å². The summed E-state index contributed by atoms with van der Waals surface area (Å²) in [4.78, 5) is 44.6. The lowest BCUT2D eigenvalue weighted by atomic mass is 10.0. The summed E-state index contributed by atoms with van der Waals surface area (Å²) in [5, 5.41) is 4.95. The molecule has 13 nitrogen and oxygen atoms in total. The number of benzene rings is 4. The summed E-state index contributed by atoms with van der Waals surface area (Å²) >= 11 is 13.2. The zero-order chi connectivity index (χ0) is 46.4. The third-order valence-electron chi connectivity index (χ3n) is 14.4. The number of amidine groups is 1. The molecule has 1 N–H and O–H groups in total. The van der Waals surface area contributed by atoms with Gasteiger partial charge >= 0.3 is 11.9 Å². The van der Waals surface area contributed by atoms with Gasteiger partial charge in [0.1, 0.15) is 35.3 Å². The van der Waals surface area contributed by atoms with E-state index in [1.165, 1.54) is 0 Å². The van der Waals surface area contributed by atoms with Gasteiger partial charge in [-0.15, -0.1) is 0 Å². The van der Waals surface area contributed by atoms with Crippen molar-refractivity contribution in [3.63, 3.8) is 0 Å². The Bertz CT molecular complexity index is 2540. The van der Waals surface area contributed by atoms with E-state index < -0.39 is 0 Å². The molecule has 0 amide bonds. The number of ether oxygens (including phenoxy) is 4. The van der Waals surface area contributed by atoms with Crippen LogP contribution in [0.3, 0.4) is 0 Å². The molecule has 354 valence electrons. The Hall–Kier alpha value is -4.89. The van der Waals surface area contributed by atoms with E-state index in [2.05, 4.69) is 75.0 Å². The second-order valence-corrected chi connectivity index (χ2v) is 20.3. The molecule has 10 rings (SSSR count). The van der Waals surface area contributed by atoms with Crippen molar-refractivity contribution in [1.82, 2.24) is 24.5 Å². The second-order valence-electron chi connectivity index (χ2n) is 19.5. The van der Waals surface area contributed by atoms with E-state index in [1.54, 1.807) is 0 Å². The smallest absolute Gasteiger partial charge is 0.310 e. The number of halogens is 2. The first-order chi connectivity index (χ1) is 32.4. The summed E-state index contributed by atoms with van der Waals surface area (Å²) < 4.78 is 25.2. The van der Waals surface area contributed by atoms with Gasteiger partial charge in [-0.1, -0.05) is 67.4 Å². The normalized spacial score (nSPS) is 25.1. The van der Waals surface area contributed by atoms with Crippen LogP contribution in [0.15, 0.2) is 83.9 Å². The fourth-order valence-corrected chi connectivity index (χ4v) is 11.1. The fraction of sp³-hybridized carbons (Fsp3) is 0.481. The number of piperazine rings is 2. The van der Waals surface area contributed by atoms with Crippen LogP contribution < -0.4 is 14.8 Å². The summed E-state index contributed by atoms with van der Waals surface area (Å²) in [6, 6.07) is 25.4. The summed E-state index contributed by atoms with van der Waals surface area (Å²) in [7, 11) is 2.06. The molecule has 1 spiro atoms. The number of carbonyl (C=O) groups excluding carboxylic acids is 2. The van der Waals surface area contributed by atoms with E-state index in [1.807, 2.05) is 61.5 Å². The van der Waals surface area contributed by atoms with Crippen molar-refractivity contribution in [2.45, 2.75) is 76.8 Å². The Morgan fingerprint density at radius 3 is 2.54 bits per heavy atom. The molecule has 5 heterocycles. The van der Waals surface area contributed by atoms with Crippen molar-refractivity contribution in [1.29, 1.82) is 0 Å². The molecule has 5 aliphatic heterocycles. The number of likely N-dealkylation sites (tertiary alicyclic amines) is 1.